The number of fused-ring (bicyclic) bond motifs is 23. The predicted molar refractivity (Wildman–Crippen MR) is 537 cm³/mol. The van der Waals surface area contributed by atoms with Crippen LogP contribution in [-0.4, -0.2) is 124 Å². The number of nitrogens with zero attached hydrogens (tertiary/aromatic N) is 6. The number of ketones is 4. The minimum absolute atomic E-state index is 0. The van der Waals surface area contributed by atoms with Crippen LogP contribution in [0.15, 0.2) is 36.4 Å². The largest absolute Gasteiger partial charge is 0.693 e. The minimum Gasteiger partial charge on any atom is -0.693 e. The van der Waals surface area contributed by atoms with Crippen molar-refractivity contribution in [2.24, 2.45) is 162 Å². The van der Waals surface area contributed by atoms with Crippen LogP contribution in [0.25, 0.3) is 22.1 Å². The Balaban J connectivity index is 0.000000139. The molecule has 136 heavy (non-hydrogen) atoms. The van der Waals surface area contributed by atoms with Gasteiger partial charge in [-0.25, -0.2) is 26.3 Å². The number of benzene rings is 3. The number of H-pyrrole nitrogens is 1. The van der Waals surface area contributed by atoms with E-state index in [2.05, 4.69) is 152 Å². The first kappa shape index (κ1) is 107. The Morgan fingerprint density at radius 3 is 1.09 bits per heavy atom. The fraction of sp³-hybridized carbons (Fsp3) is 0.796. The highest BCUT2D eigenvalue weighted by molar-refractivity contribution is 9.93. The van der Waals surface area contributed by atoms with Crippen LogP contribution < -0.4 is 16.0 Å². The van der Waals surface area contributed by atoms with E-state index in [-0.39, 0.29) is 101 Å². The van der Waals surface area contributed by atoms with Gasteiger partial charge < -0.3 is 35.9 Å². The molecule has 0 bridgehead atoms. The summed E-state index contributed by atoms with van der Waals surface area (Å²) >= 11 is 8.93. The Hall–Kier alpha value is -4.31. The standard InChI is InChI=1S/C28H39F2N3O2.C28H37F2N3O2.C22H35BrO2.C22H36O2.C6H3F2N3.2CH4.B2.Br2/c1-26(35)12-13-27(2)16(14-26)4-5-17-18-6-7-20(28(18,3)11-10-19(17)27)23(34)15-33-22-9-8-21(29)24(30)25(22)31-32-33;1-26(35)12-13-27(2)16(14-26)4-5-17-18-6-7-20(28(18,3)11-10-19(17)27)23(34)15-33-31-22-9-8-21(29)24(30)25(22)32-33;1-20(25)10-11-21(2)14(12-20)4-5-15-16-6-7-18(19(24)13-23)22(16,3)9-8-17(15)21;1-14(23)17-7-8-18-16-6-5-15-13-20(2,24)11-12-21(15,3)19(16)9-10-22(17,18)4;7-3-1-2-4-6(5(3)8)10-11-9-4;;;2*1-2/h8-9,16-20,31-32,35H,4-7,10-15H2,1-3H3;8-9,16-20,35H,4-7,10-15H2,1-3H3;14-18,25H,4-13H2,1-3H3;15-19,24H,5-13H2,1-4H3;1-2H,(H,9,10,11);2*1H4;;/q;;;;;;;-1;/t2*16-,17-,18-,19-,20+,26+,27-,28-;14-,15-,16-,17-,18+,20+,21-,22-;15-,16-,17+,18-,19-,20+,21-,22+;;;;;/m0000...../s1. The van der Waals surface area contributed by atoms with Crippen LogP contribution in [0.3, 0.4) is 0 Å². The molecule has 0 unspecified atom stereocenters. The van der Waals surface area contributed by atoms with E-state index >= 15 is 0 Å². The van der Waals surface area contributed by atoms with E-state index in [0.717, 1.165) is 176 Å². The highest BCUT2D eigenvalue weighted by Gasteiger charge is 2.68. The van der Waals surface area contributed by atoms with Gasteiger partial charge in [-0.1, -0.05) is 86.2 Å². The van der Waals surface area contributed by atoms with Gasteiger partial charge in [0.2, 0.25) is 0 Å². The first-order valence-corrected chi connectivity index (χ1v) is 56.2. The van der Waals surface area contributed by atoms with E-state index < -0.39 is 57.3 Å². The number of rotatable bonds is 9. The van der Waals surface area contributed by atoms with Crippen molar-refractivity contribution in [1.82, 2.24) is 35.9 Å². The summed E-state index contributed by atoms with van der Waals surface area (Å²) in [5.41, 5.74) is 6.52. The third-order valence-corrected chi connectivity index (χ3v) is 43.3. The Morgan fingerprint density at radius 1 is 0.390 bits per heavy atom. The zero-order chi connectivity index (χ0) is 96.7. The molecule has 0 amide bonds. The van der Waals surface area contributed by atoms with Gasteiger partial charge in [0, 0.05) is 51.9 Å². The summed E-state index contributed by atoms with van der Waals surface area (Å²) in [5, 5.41) is 62.3. The van der Waals surface area contributed by atoms with Crippen LogP contribution in [0.1, 0.15) is 336 Å². The molecule has 16 saturated carbocycles. The molecule has 753 valence electrons. The van der Waals surface area contributed by atoms with Gasteiger partial charge in [-0.15, -0.1) is 10.6 Å². The van der Waals surface area contributed by atoms with Crippen molar-refractivity contribution in [2.45, 2.75) is 365 Å². The topological polar surface area (TPSA) is 249 Å². The van der Waals surface area contributed by atoms with Crippen molar-refractivity contribution in [3.63, 3.8) is 0 Å². The monoisotopic (exact) mass is 2080 g/mol. The molecule has 3 heterocycles. The second-order valence-electron chi connectivity index (χ2n) is 49.4. The van der Waals surface area contributed by atoms with Gasteiger partial charge in [0.1, 0.15) is 34.8 Å². The molecule has 2 aromatic heterocycles. The summed E-state index contributed by atoms with van der Waals surface area (Å²) < 4.78 is 80.6. The molecule has 17 nitrogen and oxygen atoms in total. The summed E-state index contributed by atoms with van der Waals surface area (Å²) in [6.07, 6.45) is 40.6. The summed E-state index contributed by atoms with van der Waals surface area (Å²) in [5.74, 6) is 7.31. The van der Waals surface area contributed by atoms with Crippen LogP contribution >= 0.6 is 44.2 Å². The zero-order valence-corrected chi connectivity index (χ0v) is 86.5. The fourth-order valence-electron chi connectivity index (χ4n) is 35.7. The van der Waals surface area contributed by atoms with Gasteiger partial charge in [-0.2, -0.15) is 25.3 Å². The number of hydrogen-bond acceptors (Lipinski definition) is 15. The van der Waals surface area contributed by atoms with E-state index in [9.17, 15) is 65.9 Å². The second-order valence-corrected chi connectivity index (χ2v) is 49.9. The third-order valence-electron chi connectivity index (χ3n) is 42.8. The van der Waals surface area contributed by atoms with Crippen LogP contribution in [0, 0.1) is 197 Å². The number of nitrogens with one attached hydrogen (secondary N) is 3. The molecule has 7 N–H and O–H groups in total. The molecule has 32 atom stereocenters. The lowest BCUT2D eigenvalue weighted by atomic mass is 9.44. The third kappa shape index (κ3) is 19.1. The van der Waals surface area contributed by atoms with Gasteiger partial charge in [-0.3, -0.25) is 29.6 Å². The molecular weight excluding hydrogens is 1930 g/mol. The molecule has 3 aromatic carbocycles. The number of carbonyl (C=O) groups excluding carboxylic acids is 4. The smallest absolute Gasteiger partial charge is 0.188 e. The summed E-state index contributed by atoms with van der Waals surface area (Å²) in [6.45, 7) is 29.7. The summed E-state index contributed by atoms with van der Waals surface area (Å²) in [6, 6.07) is 7.44. The molecule has 0 spiro atoms. The molecule has 16 aliphatic carbocycles. The number of anilines is 2. The van der Waals surface area contributed by atoms with E-state index in [1.165, 1.54) is 132 Å². The van der Waals surface area contributed by atoms with Crippen molar-refractivity contribution in [3.05, 3.63) is 71.3 Å². The summed E-state index contributed by atoms with van der Waals surface area (Å²) in [7, 11) is 8.00. The molecule has 22 rings (SSSR count). The van der Waals surface area contributed by atoms with E-state index in [1.807, 2.05) is 34.6 Å². The maximum atomic E-state index is 14.1. The molecular formula is C108H158B2Br3F6N9O8-. The second kappa shape index (κ2) is 40.3. The minimum atomic E-state index is -1.01. The number of alkyl halides is 1. The highest BCUT2D eigenvalue weighted by atomic mass is 80.9. The molecule has 5 aromatic rings. The van der Waals surface area contributed by atoms with E-state index in [4.69, 9.17) is 0 Å². The first-order chi connectivity index (χ1) is 63.2. The van der Waals surface area contributed by atoms with Crippen LogP contribution in [0.5, 0.6) is 0 Å². The average molecular weight is 2090 g/mol. The first-order valence-electron chi connectivity index (χ1n) is 51.3. The van der Waals surface area contributed by atoms with Crippen molar-refractivity contribution in [3.8, 4) is 0 Å². The van der Waals surface area contributed by atoms with Crippen molar-refractivity contribution >= 4 is 116 Å². The average Bonchev–Trinajstić information content (AvgIpc) is 1.11. The molecule has 17 aliphatic rings. The molecule has 0 saturated heterocycles. The van der Waals surface area contributed by atoms with Crippen LogP contribution in [-0.2, 0) is 25.7 Å². The van der Waals surface area contributed by atoms with Gasteiger partial charge in [-0.05, 0) is 440 Å². The number of carbonyl (C=O) groups is 4. The van der Waals surface area contributed by atoms with Gasteiger partial charge in [0.15, 0.2) is 57.5 Å². The fourth-order valence-corrected chi connectivity index (χ4v) is 36.1. The van der Waals surface area contributed by atoms with Crippen molar-refractivity contribution < 1.29 is 65.9 Å². The Bertz CT molecular complexity index is 5150. The van der Waals surface area contributed by atoms with E-state index in [1.54, 1.807) is 5.01 Å². The number of hydrogen-bond donors (Lipinski definition) is 7. The molecule has 28 heteroatoms. The Kier molecular flexibility index (Phi) is 31.8. The van der Waals surface area contributed by atoms with Crippen molar-refractivity contribution in [1.29, 1.82) is 0 Å². The Labute approximate surface area is 832 Å². The van der Waals surface area contributed by atoms with Crippen LogP contribution in [0.4, 0.5) is 37.7 Å². The maximum Gasteiger partial charge on any atom is 0.188 e. The lowest BCUT2D eigenvalue weighted by molar-refractivity contribution is -0.151. The maximum absolute atomic E-state index is 14.1. The lowest BCUT2D eigenvalue weighted by Crippen LogP contribution is -2.56. The number of Topliss-reactive ketones (excluding diaryl/α,β-unsaturated/α-hetero) is 4. The SMILES string of the molecule is BrBr.C.C.CC(=O)[C@H]1CC[C@H]2[C@@H]3CC[C@H]4C[C@](C)(O)CC[C@]4(C)[C@H]3CC[C@]12C.C[C@@]1(O)CC[C@@]2(C)[C@@H](CC[C@@H]3[C@@H]2CC[C@]2(C)[C@@H](C(=O)CBr)CC[C@@H]32)C1.C[C@@]1(O)CC[C@@]2(C)[C@@H](CC[C@@H]3[C@@H]2CC[C@]2(C)[C@@H](C(=O)CN4NNc5c4ccc(F)c5F)CC[C@@H]32)C1.C[C@@]1(O)CC[C@@]2(C)[C@@H](CC[C@@H]3[C@@H]2CC[C@]2(C)[C@@H](C(=O)Cn4nc5ccc(F)c(F)c5n4)CC[C@@H]32)C1.Fc1ccc2n[nH]nc2c1F.[B][B-]. The molecule has 1 aliphatic heterocycles. The molecule has 5 radical (unpaired) electrons. The van der Waals surface area contributed by atoms with E-state index in [0.29, 0.717) is 115 Å². The van der Waals surface area contributed by atoms with Gasteiger partial charge in [0.25, 0.3) is 0 Å². The Morgan fingerprint density at radius 2 is 0.713 bits per heavy atom. The van der Waals surface area contributed by atoms with Gasteiger partial charge >= 0.3 is 0 Å². The molecule has 16 fully saturated rings. The summed E-state index contributed by atoms with van der Waals surface area (Å²) in [4.78, 5) is 53.1. The highest BCUT2D eigenvalue weighted by Crippen LogP contribution is 2.74. The van der Waals surface area contributed by atoms with Crippen LogP contribution in [0.2, 0.25) is 0 Å². The normalized spacial score (nSPS) is 43.6. The number of hydrazine groups is 2. The number of aliphatic hydroxyl groups is 4. The lowest BCUT2D eigenvalue weighted by Gasteiger charge is -2.61. The zero-order valence-electron chi connectivity index (χ0n) is 81.7. The quantitative estimate of drug-likeness (QED) is 0.0412. The predicted octanol–water partition coefficient (Wildman–Crippen LogP) is 25.1. The number of halogens is 9. The van der Waals surface area contributed by atoms with Crippen molar-refractivity contribution in [2.75, 3.05) is 22.3 Å². The number of aromatic amines is 1. The van der Waals surface area contributed by atoms with Gasteiger partial charge in [0.05, 0.1) is 40.0 Å². The number of aromatic nitrogens is 6.